The molecule has 1 saturated heterocycles. The van der Waals surface area contributed by atoms with E-state index in [1.165, 1.54) is 16.8 Å². The summed E-state index contributed by atoms with van der Waals surface area (Å²) in [5, 5.41) is 0. The Morgan fingerprint density at radius 1 is 1.44 bits per heavy atom. The number of Topliss-reactive ketones (excluding diaryl/α,β-unsaturated/α-hetero) is 1. The van der Waals surface area contributed by atoms with Gasteiger partial charge in [0, 0.05) is 12.3 Å². The van der Waals surface area contributed by atoms with Gasteiger partial charge < -0.3 is 4.74 Å². The number of ether oxygens (including phenoxy) is 1. The van der Waals surface area contributed by atoms with Gasteiger partial charge in [-0.2, -0.15) is 0 Å². The van der Waals surface area contributed by atoms with Crippen LogP contribution in [0.4, 0.5) is 0 Å². The van der Waals surface area contributed by atoms with Crippen molar-refractivity contribution in [1.82, 2.24) is 9.55 Å². The zero-order valence-corrected chi connectivity index (χ0v) is 8.60. The molecule has 1 aromatic heterocycles. The van der Waals surface area contributed by atoms with Gasteiger partial charge in [-0.05, 0) is 6.92 Å². The van der Waals surface area contributed by atoms with Crippen molar-refractivity contribution >= 4 is 5.78 Å². The number of carbonyl (C=O) groups excluding carboxylic acids is 1. The average Bonchev–Trinajstić information content (AvgIpc) is 2.46. The van der Waals surface area contributed by atoms with Crippen LogP contribution < -0.4 is 11.2 Å². The standard InChI is InChI=1S/C10H10N2O4/c1-5-8(14)6(2)16-9(5)12-4-3-7(13)11-10(12)15/h3-5,9H,2H2,1H3,(H,11,13,15). The van der Waals surface area contributed by atoms with Crippen LogP contribution in [0.5, 0.6) is 0 Å². The molecular weight excluding hydrogens is 212 g/mol. The van der Waals surface area contributed by atoms with E-state index < -0.39 is 23.4 Å². The molecule has 1 aliphatic rings. The van der Waals surface area contributed by atoms with E-state index in [2.05, 4.69) is 11.6 Å². The second-order valence-electron chi connectivity index (χ2n) is 3.60. The van der Waals surface area contributed by atoms with Crippen molar-refractivity contribution < 1.29 is 9.53 Å². The molecule has 1 aliphatic heterocycles. The Morgan fingerprint density at radius 3 is 2.62 bits per heavy atom. The van der Waals surface area contributed by atoms with Gasteiger partial charge in [0.25, 0.3) is 5.56 Å². The van der Waals surface area contributed by atoms with Crippen LogP contribution in [0.3, 0.4) is 0 Å². The lowest BCUT2D eigenvalue weighted by molar-refractivity contribution is -0.117. The number of H-pyrrole nitrogens is 1. The molecule has 0 aliphatic carbocycles. The topological polar surface area (TPSA) is 81.2 Å². The van der Waals surface area contributed by atoms with Gasteiger partial charge >= 0.3 is 5.69 Å². The number of ketones is 1. The average molecular weight is 222 g/mol. The monoisotopic (exact) mass is 222 g/mol. The molecule has 2 atom stereocenters. The van der Waals surface area contributed by atoms with E-state index in [0.29, 0.717) is 0 Å². The molecule has 0 aromatic carbocycles. The normalized spacial score (nSPS) is 24.6. The fraction of sp³-hybridized carbons (Fsp3) is 0.300. The Morgan fingerprint density at radius 2 is 2.12 bits per heavy atom. The number of rotatable bonds is 1. The summed E-state index contributed by atoms with van der Waals surface area (Å²) < 4.78 is 6.36. The molecule has 0 bridgehead atoms. The first kappa shape index (κ1) is 10.4. The predicted octanol–water partition coefficient (Wildman–Crippen LogP) is -0.216. The van der Waals surface area contributed by atoms with Crippen molar-refractivity contribution in [1.29, 1.82) is 0 Å². The first-order valence-electron chi connectivity index (χ1n) is 4.72. The van der Waals surface area contributed by atoms with Crippen LogP contribution >= 0.6 is 0 Å². The smallest absolute Gasteiger partial charge is 0.331 e. The molecule has 0 spiro atoms. The fourth-order valence-electron chi connectivity index (χ4n) is 1.61. The third kappa shape index (κ3) is 1.48. The molecule has 84 valence electrons. The number of hydrogen-bond acceptors (Lipinski definition) is 4. The van der Waals surface area contributed by atoms with Crippen molar-refractivity contribution in [2.45, 2.75) is 13.2 Å². The zero-order valence-electron chi connectivity index (χ0n) is 8.60. The molecular formula is C10H10N2O4. The summed E-state index contributed by atoms with van der Waals surface area (Å²) in [5.74, 6) is -0.685. The van der Waals surface area contributed by atoms with E-state index in [9.17, 15) is 14.4 Å². The lowest BCUT2D eigenvalue weighted by atomic mass is 10.1. The number of allylic oxidation sites excluding steroid dienone is 1. The zero-order chi connectivity index (χ0) is 11.9. The number of aromatic amines is 1. The summed E-state index contributed by atoms with van der Waals surface area (Å²) >= 11 is 0. The van der Waals surface area contributed by atoms with Crippen LogP contribution in [0.1, 0.15) is 13.2 Å². The summed E-state index contributed by atoms with van der Waals surface area (Å²) in [6, 6.07) is 1.20. The van der Waals surface area contributed by atoms with E-state index >= 15 is 0 Å². The Labute approximate surface area is 90.2 Å². The molecule has 2 rings (SSSR count). The Bertz CT molecular complexity index is 569. The van der Waals surface area contributed by atoms with Gasteiger partial charge in [-0.25, -0.2) is 4.79 Å². The molecule has 1 aromatic rings. The van der Waals surface area contributed by atoms with Crippen LogP contribution in [0, 0.1) is 5.92 Å². The minimum absolute atomic E-state index is 0.0376. The molecule has 2 heterocycles. The number of hydrogen-bond donors (Lipinski definition) is 1. The van der Waals surface area contributed by atoms with Crippen LogP contribution in [-0.2, 0) is 9.53 Å². The third-order valence-electron chi connectivity index (χ3n) is 2.50. The molecule has 0 amide bonds. The van der Waals surface area contributed by atoms with E-state index in [1.807, 2.05) is 0 Å². The molecule has 1 N–H and O–H groups in total. The van der Waals surface area contributed by atoms with E-state index in [-0.39, 0.29) is 11.5 Å². The summed E-state index contributed by atoms with van der Waals surface area (Å²) in [7, 11) is 0. The predicted molar refractivity (Wildman–Crippen MR) is 54.8 cm³/mol. The largest absolute Gasteiger partial charge is 0.466 e. The van der Waals surface area contributed by atoms with Crippen LogP contribution in [0.25, 0.3) is 0 Å². The molecule has 0 saturated carbocycles. The molecule has 1 fully saturated rings. The number of aromatic nitrogens is 2. The van der Waals surface area contributed by atoms with Gasteiger partial charge in [0.15, 0.2) is 12.0 Å². The van der Waals surface area contributed by atoms with Crippen molar-refractivity contribution in [3.8, 4) is 0 Å². The highest BCUT2D eigenvalue weighted by Gasteiger charge is 2.37. The minimum atomic E-state index is -0.732. The Kier molecular flexibility index (Phi) is 2.26. The highest BCUT2D eigenvalue weighted by atomic mass is 16.5. The summed E-state index contributed by atoms with van der Waals surface area (Å²) in [6.07, 6.45) is 0.568. The van der Waals surface area contributed by atoms with E-state index in [4.69, 9.17) is 4.74 Å². The first-order valence-corrected chi connectivity index (χ1v) is 4.72. The van der Waals surface area contributed by atoms with Gasteiger partial charge in [0.1, 0.15) is 0 Å². The fourth-order valence-corrected chi connectivity index (χ4v) is 1.61. The van der Waals surface area contributed by atoms with Crippen molar-refractivity contribution in [3.05, 3.63) is 45.4 Å². The van der Waals surface area contributed by atoms with Gasteiger partial charge in [-0.1, -0.05) is 6.58 Å². The summed E-state index contributed by atoms with van der Waals surface area (Å²) in [5.41, 5.74) is -1.09. The molecule has 16 heavy (non-hydrogen) atoms. The highest BCUT2D eigenvalue weighted by Crippen LogP contribution is 2.31. The highest BCUT2D eigenvalue weighted by molar-refractivity contribution is 5.96. The summed E-state index contributed by atoms with van der Waals surface area (Å²) in [6.45, 7) is 5.09. The van der Waals surface area contributed by atoms with Gasteiger partial charge in [-0.15, -0.1) is 0 Å². The lowest BCUT2D eigenvalue weighted by Gasteiger charge is -2.15. The first-order chi connectivity index (χ1) is 7.50. The van der Waals surface area contributed by atoms with Crippen molar-refractivity contribution in [3.63, 3.8) is 0 Å². The van der Waals surface area contributed by atoms with Gasteiger partial charge in [-0.3, -0.25) is 19.1 Å². The van der Waals surface area contributed by atoms with E-state index in [0.717, 1.165) is 0 Å². The minimum Gasteiger partial charge on any atom is -0.466 e. The van der Waals surface area contributed by atoms with E-state index in [1.54, 1.807) is 6.92 Å². The maximum absolute atomic E-state index is 11.5. The maximum Gasteiger partial charge on any atom is 0.331 e. The van der Waals surface area contributed by atoms with Crippen molar-refractivity contribution in [2.24, 2.45) is 5.92 Å². The second-order valence-corrected chi connectivity index (χ2v) is 3.60. The van der Waals surface area contributed by atoms with Crippen LogP contribution in [-0.4, -0.2) is 15.3 Å². The number of carbonyl (C=O) groups is 1. The SMILES string of the molecule is C=C1OC(n2ccc(=O)[nH]c2=O)C(C)C1=O. The Balaban J connectivity index is 2.47. The summed E-state index contributed by atoms with van der Waals surface area (Å²) in [4.78, 5) is 35.9. The Hall–Kier alpha value is -2.11. The molecule has 2 unspecified atom stereocenters. The maximum atomic E-state index is 11.5. The molecule has 6 nitrogen and oxygen atoms in total. The van der Waals surface area contributed by atoms with Crippen LogP contribution in [0.15, 0.2) is 34.2 Å². The van der Waals surface area contributed by atoms with Gasteiger partial charge in [0.05, 0.1) is 5.92 Å². The van der Waals surface area contributed by atoms with Crippen molar-refractivity contribution in [2.75, 3.05) is 0 Å². The molecule has 6 heteroatoms. The number of nitrogens with one attached hydrogen (secondary N) is 1. The quantitative estimate of drug-likeness (QED) is 0.666. The molecule has 0 radical (unpaired) electrons. The second kappa shape index (κ2) is 3.48. The number of nitrogens with zero attached hydrogens (tertiary/aromatic N) is 1. The van der Waals surface area contributed by atoms with Crippen LogP contribution in [0.2, 0.25) is 0 Å². The lowest BCUT2D eigenvalue weighted by Crippen LogP contribution is -2.33. The third-order valence-corrected chi connectivity index (χ3v) is 2.50. The van der Waals surface area contributed by atoms with Gasteiger partial charge in [0.2, 0.25) is 5.78 Å².